The van der Waals surface area contributed by atoms with E-state index < -0.39 is 11.6 Å². The largest absolute Gasteiger partial charge is 0.377 e. The van der Waals surface area contributed by atoms with Gasteiger partial charge in [0.15, 0.2) is 0 Å². The van der Waals surface area contributed by atoms with E-state index in [-0.39, 0.29) is 17.6 Å². The number of nitrogens with zero attached hydrogens (tertiary/aromatic N) is 2. The van der Waals surface area contributed by atoms with Crippen LogP contribution in [-0.2, 0) is 4.74 Å². The van der Waals surface area contributed by atoms with Crippen molar-refractivity contribution in [2.24, 2.45) is 0 Å². The first kappa shape index (κ1) is 18.0. The summed E-state index contributed by atoms with van der Waals surface area (Å²) >= 11 is 0. The Hall–Kier alpha value is -2.41. The van der Waals surface area contributed by atoms with Crippen molar-refractivity contribution >= 4 is 11.5 Å². The summed E-state index contributed by atoms with van der Waals surface area (Å²) in [7, 11) is 0. The van der Waals surface area contributed by atoms with Crippen LogP contribution in [0, 0.1) is 11.6 Å². The van der Waals surface area contributed by atoms with Crippen LogP contribution in [0.2, 0.25) is 0 Å². The fraction of sp³-hybridized carbons (Fsp3) is 0.450. The van der Waals surface area contributed by atoms with Crippen LogP contribution in [0.1, 0.15) is 31.4 Å². The number of nitrogens with one attached hydrogen (secondary N) is 1. The molecule has 4 rings (SSSR count). The number of ether oxygens (including phenoxy) is 1. The second-order valence-corrected chi connectivity index (χ2v) is 7.22. The molecular weight excluding hydrogens is 352 g/mol. The normalized spacial score (nSPS) is 23.1. The summed E-state index contributed by atoms with van der Waals surface area (Å²) in [5.41, 5.74) is 0.958. The topological polar surface area (TPSA) is 48.6 Å². The average Bonchev–Trinajstić information content (AvgIpc) is 3.13. The molecule has 0 bridgehead atoms. The summed E-state index contributed by atoms with van der Waals surface area (Å²) in [5.74, 6) is -0.237. The highest BCUT2D eigenvalue weighted by atomic mass is 19.1. The first-order chi connectivity index (χ1) is 13.0. The van der Waals surface area contributed by atoms with E-state index >= 15 is 0 Å². The highest BCUT2D eigenvalue weighted by Crippen LogP contribution is 2.37. The smallest absolute Gasteiger partial charge is 0.251 e. The minimum Gasteiger partial charge on any atom is -0.377 e. The number of pyridine rings is 1. The van der Waals surface area contributed by atoms with Gasteiger partial charge < -0.3 is 19.5 Å². The molecule has 0 aliphatic carbocycles. The van der Waals surface area contributed by atoms with Gasteiger partial charge in [-0.15, -0.1) is 0 Å². The molecule has 2 aromatic rings. The standard InChI is InChI=1S/C20H23F2N3O2/c1-13-12-27-8-7-24(13)15-10-19(23-20(26)11-15)25-6-2-3-18(25)16-9-14(21)4-5-17(16)22/h4-5,9-11,13,18H,2-3,6-8,12H2,1H3,(H,23,26). The van der Waals surface area contributed by atoms with Crippen molar-refractivity contribution in [2.45, 2.75) is 31.8 Å². The lowest BCUT2D eigenvalue weighted by Gasteiger charge is -2.36. The summed E-state index contributed by atoms with van der Waals surface area (Å²) in [6.45, 7) is 4.68. The van der Waals surface area contributed by atoms with Gasteiger partial charge in [0.05, 0.1) is 19.3 Å². The Labute approximate surface area is 156 Å². The zero-order valence-electron chi connectivity index (χ0n) is 15.3. The monoisotopic (exact) mass is 375 g/mol. The number of aromatic nitrogens is 1. The molecule has 2 atom stereocenters. The van der Waals surface area contributed by atoms with Crippen molar-refractivity contribution in [1.82, 2.24) is 4.98 Å². The molecule has 2 aliphatic rings. The third-order valence-corrected chi connectivity index (χ3v) is 5.39. The molecule has 0 radical (unpaired) electrons. The lowest BCUT2D eigenvalue weighted by molar-refractivity contribution is 0.0989. The summed E-state index contributed by atoms with van der Waals surface area (Å²) in [5, 5.41) is 0. The van der Waals surface area contributed by atoms with E-state index in [9.17, 15) is 13.6 Å². The van der Waals surface area contributed by atoms with Crippen LogP contribution in [-0.4, -0.2) is 37.3 Å². The molecule has 27 heavy (non-hydrogen) atoms. The Morgan fingerprint density at radius 1 is 1.15 bits per heavy atom. The molecule has 144 valence electrons. The number of hydrogen-bond donors (Lipinski definition) is 1. The van der Waals surface area contributed by atoms with E-state index in [0.717, 1.165) is 24.2 Å². The molecule has 1 N–H and O–H groups in total. The van der Waals surface area contributed by atoms with Crippen molar-refractivity contribution in [1.29, 1.82) is 0 Å². The van der Waals surface area contributed by atoms with Crippen LogP contribution in [0.4, 0.5) is 20.3 Å². The van der Waals surface area contributed by atoms with E-state index in [1.807, 2.05) is 11.0 Å². The second-order valence-electron chi connectivity index (χ2n) is 7.22. The fourth-order valence-electron chi connectivity index (χ4n) is 4.09. The first-order valence-electron chi connectivity index (χ1n) is 9.33. The Morgan fingerprint density at radius 3 is 2.81 bits per heavy atom. The number of morpholine rings is 1. The molecule has 2 fully saturated rings. The second kappa shape index (κ2) is 7.31. The van der Waals surface area contributed by atoms with Crippen LogP contribution in [0.5, 0.6) is 0 Å². The van der Waals surface area contributed by atoms with Gasteiger partial charge in [-0.3, -0.25) is 4.79 Å². The van der Waals surface area contributed by atoms with Crippen LogP contribution >= 0.6 is 0 Å². The van der Waals surface area contributed by atoms with Crippen molar-refractivity contribution < 1.29 is 13.5 Å². The number of hydrogen-bond acceptors (Lipinski definition) is 4. The number of aromatic amines is 1. The average molecular weight is 375 g/mol. The van der Waals surface area contributed by atoms with Gasteiger partial charge in [-0.1, -0.05) is 0 Å². The lowest BCUT2D eigenvalue weighted by Crippen LogP contribution is -2.44. The predicted octanol–water partition coefficient (Wildman–Crippen LogP) is 3.22. The van der Waals surface area contributed by atoms with Crippen molar-refractivity contribution in [3.63, 3.8) is 0 Å². The van der Waals surface area contributed by atoms with Gasteiger partial charge in [-0.25, -0.2) is 8.78 Å². The van der Waals surface area contributed by atoms with Gasteiger partial charge in [0, 0.05) is 42.5 Å². The number of H-pyrrole nitrogens is 1. The van der Waals surface area contributed by atoms with E-state index in [1.54, 1.807) is 6.07 Å². The zero-order valence-corrected chi connectivity index (χ0v) is 15.3. The molecule has 1 aromatic heterocycles. The zero-order chi connectivity index (χ0) is 19.0. The molecule has 2 unspecified atom stereocenters. The SMILES string of the molecule is CC1COCCN1c1cc(N2CCCC2c2cc(F)ccc2F)[nH]c(=O)c1. The van der Waals surface area contributed by atoms with Crippen LogP contribution in [0.25, 0.3) is 0 Å². The van der Waals surface area contributed by atoms with Crippen LogP contribution in [0.3, 0.4) is 0 Å². The van der Waals surface area contributed by atoms with Gasteiger partial charge in [-0.05, 0) is 38.0 Å². The fourth-order valence-corrected chi connectivity index (χ4v) is 4.09. The van der Waals surface area contributed by atoms with Gasteiger partial charge >= 0.3 is 0 Å². The van der Waals surface area contributed by atoms with Crippen LogP contribution in [0.15, 0.2) is 35.1 Å². The minimum absolute atomic E-state index is 0.170. The van der Waals surface area contributed by atoms with Gasteiger partial charge in [0.25, 0.3) is 5.56 Å². The van der Waals surface area contributed by atoms with E-state index in [2.05, 4.69) is 16.8 Å². The predicted molar refractivity (Wildman–Crippen MR) is 100 cm³/mol. The Balaban J connectivity index is 1.69. The third kappa shape index (κ3) is 3.56. The highest BCUT2D eigenvalue weighted by Gasteiger charge is 2.30. The molecule has 0 spiro atoms. The Morgan fingerprint density at radius 2 is 2.00 bits per heavy atom. The summed E-state index contributed by atoms with van der Waals surface area (Å²) < 4.78 is 33.5. The third-order valence-electron chi connectivity index (χ3n) is 5.39. The molecule has 2 saturated heterocycles. The van der Waals surface area contributed by atoms with E-state index in [1.165, 1.54) is 6.07 Å². The minimum atomic E-state index is -0.456. The van der Waals surface area contributed by atoms with Crippen LogP contribution < -0.4 is 15.4 Å². The summed E-state index contributed by atoms with van der Waals surface area (Å²) in [6.07, 6.45) is 1.56. The molecule has 7 heteroatoms. The first-order valence-corrected chi connectivity index (χ1v) is 9.33. The van der Waals surface area contributed by atoms with E-state index in [0.29, 0.717) is 44.1 Å². The number of rotatable bonds is 3. The maximum atomic E-state index is 14.3. The Kier molecular flexibility index (Phi) is 4.86. The number of anilines is 2. The Bertz CT molecular complexity index is 886. The maximum Gasteiger partial charge on any atom is 0.251 e. The molecule has 2 aliphatic heterocycles. The molecule has 5 nitrogen and oxygen atoms in total. The lowest BCUT2D eigenvalue weighted by atomic mass is 10.0. The quantitative estimate of drug-likeness (QED) is 0.895. The summed E-state index contributed by atoms with van der Waals surface area (Å²) in [6, 6.07) is 6.93. The number of benzene rings is 1. The molecule has 0 amide bonds. The van der Waals surface area contributed by atoms with Gasteiger partial charge in [0.1, 0.15) is 17.5 Å². The summed E-state index contributed by atoms with van der Waals surface area (Å²) in [4.78, 5) is 19.3. The maximum absolute atomic E-state index is 14.3. The van der Waals surface area contributed by atoms with Crippen molar-refractivity contribution in [2.75, 3.05) is 36.1 Å². The molecule has 0 saturated carbocycles. The van der Waals surface area contributed by atoms with Gasteiger partial charge in [0.2, 0.25) is 0 Å². The molecular formula is C20H23F2N3O2. The van der Waals surface area contributed by atoms with Crippen molar-refractivity contribution in [3.05, 3.63) is 57.9 Å². The highest BCUT2D eigenvalue weighted by molar-refractivity contribution is 5.57. The van der Waals surface area contributed by atoms with Crippen molar-refractivity contribution in [3.8, 4) is 0 Å². The number of halogens is 2. The van der Waals surface area contributed by atoms with E-state index in [4.69, 9.17) is 4.74 Å². The molecule has 1 aromatic carbocycles. The molecule has 3 heterocycles. The van der Waals surface area contributed by atoms with Gasteiger partial charge in [-0.2, -0.15) is 0 Å².